The number of nitrogens with one attached hydrogen (secondary N) is 1. The second kappa shape index (κ2) is 5.22. The standard InChI is InChI=1S/C14H17N3O2/c1-14(2,3)17-13(18)8-19-11-5-4-10-7-15-9-16-12(10)6-11/h4-7,9H,8H2,1-3H3,(H,17,18). The van der Waals surface area contributed by atoms with Crippen LogP contribution >= 0.6 is 0 Å². The van der Waals surface area contributed by atoms with Crippen molar-refractivity contribution in [2.24, 2.45) is 0 Å². The second-order valence-corrected chi connectivity index (χ2v) is 5.33. The topological polar surface area (TPSA) is 64.1 Å². The Hall–Kier alpha value is -2.17. The largest absolute Gasteiger partial charge is 0.484 e. The van der Waals surface area contributed by atoms with Gasteiger partial charge >= 0.3 is 0 Å². The lowest BCUT2D eigenvalue weighted by molar-refractivity contribution is -0.124. The van der Waals surface area contributed by atoms with Crippen molar-refractivity contribution in [2.45, 2.75) is 26.3 Å². The van der Waals surface area contributed by atoms with Crippen LogP contribution in [0.25, 0.3) is 10.9 Å². The number of ether oxygens (including phenoxy) is 1. The Morgan fingerprint density at radius 1 is 1.37 bits per heavy atom. The van der Waals surface area contributed by atoms with Crippen molar-refractivity contribution >= 4 is 16.8 Å². The second-order valence-electron chi connectivity index (χ2n) is 5.33. The van der Waals surface area contributed by atoms with Crippen LogP contribution in [-0.4, -0.2) is 28.0 Å². The fourth-order valence-electron chi connectivity index (χ4n) is 1.65. The number of aromatic nitrogens is 2. The monoisotopic (exact) mass is 259 g/mol. The summed E-state index contributed by atoms with van der Waals surface area (Å²) in [5, 5.41) is 3.78. The van der Waals surface area contributed by atoms with Gasteiger partial charge in [0.2, 0.25) is 0 Å². The van der Waals surface area contributed by atoms with Crippen molar-refractivity contribution in [3.8, 4) is 5.75 Å². The zero-order chi connectivity index (χ0) is 13.9. The highest BCUT2D eigenvalue weighted by Crippen LogP contribution is 2.17. The molecule has 19 heavy (non-hydrogen) atoms. The summed E-state index contributed by atoms with van der Waals surface area (Å²) in [4.78, 5) is 19.7. The summed E-state index contributed by atoms with van der Waals surface area (Å²) in [6.07, 6.45) is 3.22. The maximum Gasteiger partial charge on any atom is 0.258 e. The molecule has 1 amide bonds. The van der Waals surface area contributed by atoms with Crippen LogP contribution < -0.4 is 10.1 Å². The third kappa shape index (κ3) is 3.91. The summed E-state index contributed by atoms with van der Waals surface area (Å²) in [6.45, 7) is 5.78. The van der Waals surface area contributed by atoms with E-state index in [4.69, 9.17) is 4.74 Å². The molecule has 0 atom stereocenters. The van der Waals surface area contributed by atoms with E-state index >= 15 is 0 Å². The van der Waals surface area contributed by atoms with Crippen molar-refractivity contribution in [2.75, 3.05) is 6.61 Å². The highest BCUT2D eigenvalue weighted by molar-refractivity contribution is 5.80. The number of carbonyl (C=O) groups is 1. The van der Waals surface area contributed by atoms with Gasteiger partial charge in [-0.1, -0.05) is 0 Å². The molecule has 0 aliphatic rings. The molecule has 1 N–H and O–H groups in total. The van der Waals surface area contributed by atoms with Gasteiger partial charge in [0, 0.05) is 23.2 Å². The van der Waals surface area contributed by atoms with Crippen LogP contribution in [0.15, 0.2) is 30.7 Å². The number of fused-ring (bicyclic) bond motifs is 1. The van der Waals surface area contributed by atoms with E-state index in [-0.39, 0.29) is 18.1 Å². The van der Waals surface area contributed by atoms with Gasteiger partial charge in [0.15, 0.2) is 6.61 Å². The summed E-state index contributed by atoms with van der Waals surface area (Å²) < 4.78 is 5.45. The lowest BCUT2D eigenvalue weighted by Crippen LogP contribution is -2.43. The predicted molar refractivity (Wildman–Crippen MR) is 72.9 cm³/mol. The van der Waals surface area contributed by atoms with Gasteiger partial charge in [-0.3, -0.25) is 4.79 Å². The average Bonchev–Trinajstić information content (AvgIpc) is 2.34. The van der Waals surface area contributed by atoms with Gasteiger partial charge in [0.1, 0.15) is 12.1 Å². The molecule has 5 heteroatoms. The van der Waals surface area contributed by atoms with E-state index in [0.717, 1.165) is 10.9 Å². The minimum Gasteiger partial charge on any atom is -0.484 e. The number of hydrogen-bond donors (Lipinski definition) is 1. The van der Waals surface area contributed by atoms with Crippen molar-refractivity contribution in [3.63, 3.8) is 0 Å². The number of carbonyl (C=O) groups excluding carboxylic acids is 1. The fraction of sp³-hybridized carbons (Fsp3) is 0.357. The van der Waals surface area contributed by atoms with E-state index in [2.05, 4.69) is 15.3 Å². The van der Waals surface area contributed by atoms with Crippen molar-refractivity contribution in [3.05, 3.63) is 30.7 Å². The molecule has 100 valence electrons. The Morgan fingerprint density at radius 2 is 2.16 bits per heavy atom. The highest BCUT2D eigenvalue weighted by Gasteiger charge is 2.13. The van der Waals surface area contributed by atoms with Crippen molar-refractivity contribution in [1.82, 2.24) is 15.3 Å². The Morgan fingerprint density at radius 3 is 2.89 bits per heavy atom. The van der Waals surface area contributed by atoms with Crippen LogP contribution in [0.3, 0.4) is 0 Å². The SMILES string of the molecule is CC(C)(C)NC(=O)COc1ccc2cncnc2c1. The molecule has 1 aromatic carbocycles. The molecule has 0 radical (unpaired) electrons. The quantitative estimate of drug-likeness (QED) is 0.914. The maximum absolute atomic E-state index is 11.6. The molecular formula is C14H17N3O2. The number of rotatable bonds is 3. The van der Waals surface area contributed by atoms with Gasteiger partial charge in [-0.25, -0.2) is 9.97 Å². The Kier molecular flexibility index (Phi) is 3.64. The van der Waals surface area contributed by atoms with Gasteiger partial charge < -0.3 is 10.1 Å². The lowest BCUT2D eigenvalue weighted by atomic mass is 10.1. The first-order valence-corrected chi connectivity index (χ1v) is 6.08. The normalized spacial score (nSPS) is 11.3. The van der Waals surface area contributed by atoms with Crippen LogP contribution in [-0.2, 0) is 4.79 Å². The molecule has 5 nitrogen and oxygen atoms in total. The summed E-state index contributed by atoms with van der Waals surface area (Å²) in [5.74, 6) is 0.477. The van der Waals surface area contributed by atoms with Crippen LogP contribution in [0, 0.1) is 0 Å². The number of amides is 1. The molecule has 0 fully saturated rings. The van der Waals surface area contributed by atoms with Crippen molar-refractivity contribution in [1.29, 1.82) is 0 Å². The third-order valence-corrected chi connectivity index (χ3v) is 2.36. The first-order chi connectivity index (χ1) is 8.94. The van der Waals surface area contributed by atoms with Gasteiger partial charge in [0.05, 0.1) is 5.52 Å². The first-order valence-electron chi connectivity index (χ1n) is 6.08. The maximum atomic E-state index is 11.6. The molecular weight excluding hydrogens is 242 g/mol. The Balaban J connectivity index is 2.00. The van der Waals surface area contributed by atoms with Gasteiger partial charge in [0.25, 0.3) is 5.91 Å². The molecule has 2 aromatic rings. The van der Waals surface area contributed by atoms with Crippen LogP contribution in [0.1, 0.15) is 20.8 Å². The molecule has 0 aliphatic carbocycles. The van der Waals surface area contributed by atoms with Crippen molar-refractivity contribution < 1.29 is 9.53 Å². The van der Waals surface area contributed by atoms with E-state index in [0.29, 0.717) is 5.75 Å². The van der Waals surface area contributed by atoms with Gasteiger partial charge in [-0.05, 0) is 32.9 Å². The number of benzene rings is 1. The molecule has 0 saturated heterocycles. The summed E-state index contributed by atoms with van der Waals surface area (Å²) in [7, 11) is 0. The predicted octanol–water partition coefficient (Wildman–Crippen LogP) is 1.92. The van der Waals surface area contributed by atoms with E-state index in [1.165, 1.54) is 6.33 Å². The third-order valence-electron chi connectivity index (χ3n) is 2.36. The number of nitrogens with zero attached hydrogens (tertiary/aromatic N) is 2. The first kappa shape index (κ1) is 13.3. The molecule has 0 unspecified atom stereocenters. The molecule has 1 heterocycles. The average molecular weight is 259 g/mol. The van der Waals surface area contributed by atoms with Gasteiger partial charge in [-0.2, -0.15) is 0 Å². The number of hydrogen-bond acceptors (Lipinski definition) is 4. The summed E-state index contributed by atoms with van der Waals surface area (Å²) >= 11 is 0. The molecule has 0 saturated carbocycles. The van der Waals surface area contributed by atoms with E-state index in [9.17, 15) is 4.79 Å². The zero-order valence-corrected chi connectivity index (χ0v) is 11.3. The highest BCUT2D eigenvalue weighted by atomic mass is 16.5. The smallest absolute Gasteiger partial charge is 0.258 e. The molecule has 0 spiro atoms. The van der Waals surface area contributed by atoms with E-state index in [1.54, 1.807) is 18.3 Å². The Labute approximate surface area is 112 Å². The van der Waals surface area contributed by atoms with Crippen LogP contribution in [0.2, 0.25) is 0 Å². The van der Waals surface area contributed by atoms with Crippen LogP contribution in [0.4, 0.5) is 0 Å². The fourth-order valence-corrected chi connectivity index (χ4v) is 1.65. The summed E-state index contributed by atoms with van der Waals surface area (Å²) in [5.41, 5.74) is 0.542. The molecule has 2 rings (SSSR count). The lowest BCUT2D eigenvalue weighted by Gasteiger charge is -2.20. The molecule has 1 aromatic heterocycles. The summed E-state index contributed by atoms with van der Waals surface area (Å²) in [6, 6.07) is 5.46. The van der Waals surface area contributed by atoms with Crippen LogP contribution in [0.5, 0.6) is 5.75 Å². The van der Waals surface area contributed by atoms with E-state index < -0.39 is 0 Å². The molecule has 0 aliphatic heterocycles. The molecule has 0 bridgehead atoms. The van der Waals surface area contributed by atoms with E-state index in [1.807, 2.05) is 26.8 Å². The minimum atomic E-state index is -0.253. The minimum absolute atomic E-state index is 0.00609. The van der Waals surface area contributed by atoms with Gasteiger partial charge in [-0.15, -0.1) is 0 Å². The zero-order valence-electron chi connectivity index (χ0n) is 11.3. The Bertz CT molecular complexity index is 591.